The number of guanidine groups is 1. The summed E-state index contributed by atoms with van der Waals surface area (Å²) in [4.78, 5) is 16.3. The summed E-state index contributed by atoms with van der Waals surface area (Å²) in [5.74, 6) is 0.779. The molecule has 0 unspecified atom stereocenters. The first-order chi connectivity index (χ1) is 11.4. The minimum Gasteiger partial charge on any atom is -0.357 e. The number of carbonyl (C=O) groups is 1. The van der Waals surface area contributed by atoms with Crippen molar-refractivity contribution < 1.29 is 4.79 Å². The minimum absolute atomic E-state index is 0.0565. The van der Waals surface area contributed by atoms with Crippen molar-refractivity contribution in [3.63, 3.8) is 0 Å². The van der Waals surface area contributed by atoms with E-state index < -0.39 is 0 Å². The molecule has 0 aliphatic rings. The second-order valence-corrected chi connectivity index (χ2v) is 7.63. The van der Waals surface area contributed by atoms with Crippen molar-refractivity contribution in [1.82, 2.24) is 16.0 Å². The van der Waals surface area contributed by atoms with Gasteiger partial charge in [-0.2, -0.15) is 11.8 Å². The average Bonchev–Trinajstić information content (AvgIpc) is 2.59. The quantitative estimate of drug-likeness (QED) is 0.497. The van der Waals surface area contributed by atoms with Gasteiger partial charge in [0.15, 0.2) is 5.96 Å². The van der Waals surface area contributed by atoms with E-state index in [0.29, 0.717) is 5.56 Å². The SMILES string of the molecule is CCNC(=NCC(C)(C)SC)NCCc1cccc(C(=O)NC)c1. The number of hydrogen-bond donors (Lipinski definition) is 3. The third-order valence-electron chi connectivity index (χ3n) is 3.64. The second-order valence-electron chi connectivity index (χ2n) is 6.12. The van der Waals surface area contributed by atoms with Crippen LogP contribution in [0.25, 0.3) is 0 Å². The molecule has 0 spiro atoms. The number of nitrogens with zero attached hydrogens (tertiary/aromatic N) is 1. The summed E-state index contributed by atoms with van der Waals surface area (Å²) >= 11 is 1.81. The average molecular weight is 351 g/mol. The zero-order valence-electron chi connectivity index (χ0n) is 15.4. The van der Waals surface area contributed by atoms with E-state index in [1.54, 1.807) is 7.05 Å². The van der Waals surface area contributed by atoms with Crippen LogP contribution in [-0.2, 0) is 6.42 Å². The molecular weight excluding hydrogens is 320 g/mol. The van der Waals surface area contributed by atoms with Crippen LogP contribution in [0.15, 0.2) is 29.3 Å². The maximum atomic E-state index is 11.7. The summed E-state index contributed by atoms with van der Waals surface area (Å²) in [5.41, 5.74) is 1.82. The van der Waals surface area contributed by atoms with E-state index in [2.05, 4.69) is 48.0 Å². The lowest BCUT2D eigenvalue weighted by Crippen LogP contribution is -2.39. The minimum atomic E-state index is -0.0565. The predicted molar refractivity (Wildman–Crippen MR) is 105 cm³/mol. The molecule has 0 radical (unpaired) electrons. The normalized spacial score (nSPS) is 12.0. The van der Waals surface area contributed by atoms with Crippen molar-refractivity contribution in [3.05, 3.63) is 35.4 Å². The third kappa shape index (κ3) is 7.25. The molecule has 0 bridgehead atoms. The Bertz CT molecular complexity index is 558. The first-order valence-electron chi connectivity index (χ1n) is 8.30. The fraction of sp³-hybridized carbons (Fsp3) is 0.556. The number of aliphatic imine (C=N–C) groups is 1. The van der Waals surface area contributed by atoms with E-state index in [0.717, 1.165) is 37.6 Å². The number of carbonyl (C=O) groups excluding carboxylic acids is 1. The van der Waals surface area contributed by atoms with Gasteiger partial charge in [-0.05, 0) is 51.1 Å². The van der Waals surface area contributed by atoms with Gasteiger partial charge in [-0.1, -0.05) is 12.1 Å². The van der Waals surface area contributed by atoms with Crippen molar-refractivity contribution in [2.24, 2.45) is 4.99 Å². The molecule has 24 heavy (non-hydrogen) atoms. The first kappa shape index (κ1) is 20.4. The lowest BCUT2D eigenvalue weighted by molar-refractivity contribution is 0.0963. The summed E-state index contributed by atoms with van der Waals surface area (Å²) in [6.07, 6.45) is 2.94. The van der Waals surface area contributed by atoms with Crippen LogP contribution in [-0.4, -0.2) is 49.6 Å². The summed E-state index contributed by atoms with van der Waals surface area (Å²) in [6, 6.07) is 7.71. The van der Waals surface area contributed by atoms with Crippen LogP contribution in [0.5, 0.6) is 0 Å². The van der Waals surface area contributed by atoms with Crippen molar-refractivity contribution in [1.29, 1.82) is 0 Å². The molecule has 0 saturated carbocycles. The van der Waals surface area contributed by atoms with Gasteiger partial charge in [0.25, 0.3) is 5.91 Å². The molecule has 134 valence electrons. The number of amides is 1. The van der Waals surface area contributed by atoms with Crippen molar-refractivity contribution >= 4 is 23.6 Å². The molecule has 0 atom stereocenters. The molecule has 0 aliphatic carbocycles. The molecule has 0 saturated heterocycles. The molecule has 0 fully saturated rings. The summed E-state index contributed by atoms with van der Waals surface area (Å²) in [5, 5.41) is 9.28. The maximum Gasteiger partial charge on any atom is 0.251 e. The molecule has 3 N–H and O–H groups in total. The Morgan fingerprint density at radius 2 is 2.04 bits per heavy atom. The Hall–Kier alpha value is -1.69. The Balaban J connectivity index is 2.59. The second kappa shape index (κ2) is 10.2. The zero-order valence-corrected chi connectivity index (χ0v) is 16.2. The molecule has 6 heteroatoms. The molecular formula is C18H30N4OS. The van der Waals surface area contributed by atoms with Gasteiger partial charge < -0.3 is 16.0 Å². The van der Waals surface area contributed by atoms with Gasteiger partial charge in [-0.25, -0.2) is 0 Å². The predicted octanol–water partition coefficient (Wildman–Crippen LogP) is 2.29. The molecule has 0 aliphatic heterocycles. The number of benzene rings is 1. The highest BCUT2D eigenvalue weighted by Crippen LogP contribution is 2.20. The Morgan fingerprint density at radius 3 is 2.67 bits per heavy atom. The third-order valence-corrected chi connectivity index (χ3v) is 4.87. The van der Waals surface area contributed by atoms with Gasteiger partial charge in [0.2, 0.25) is 0 Å². The lowest BCUT2D eigenvalue weighted by atomic mass is 10.1. The number of thioether (sulfide) groups is 1. The highest BCUT2D eigenvalue weighted by atomic mass is 32.2. The van der Waals surface area contributed by atoms with Gasteiger partial charge in [0.1, 0.15) is 0 Å². The topological polar surface area (TPSA) is 65.5 Å². The molecule has 1 aromatic carbocycles. The van der Waals surface area contributed by atoms with Gasteiger partial charge in [-0.15, -0.1) is 0 Å². The summed E-state index contributed by atoms with van der Waals surface area (Å²) in [7, 11) is 1.64. The van der Waals surface area contributed by atoms with Gasteiger partial charge >= 0.3 is 0 Å². The van der Waals surface area contributed by atoms with Crippen LogP contribution >= 0.6 is 11.8 Å². The van der Waals surface area contributed by atoms with Crippen LogP contribution in [0.2, 0.25) is 0 Å². The largest absolute Gasteiger partial charge is 0.357 e. The molecule has 1 amide bonds. The van der Waals surface area contributed by atoms with E-state index in [1.807, 2.05) is 36.0 Å². The van der Waals surface area contributed by atoms with Gasteiger partial charge in [-0.3, -0.25) is 9.79 Å². The van der Waals surface area contributed by atoms with E-state index in [9.17, 15) is 4.79 Å². The maximum absolute atomic E-state index is 11.7. The molecule has 1 aromatic rings. The highest BCUT2D eigenvalue weighted by molar-refractivity contribution is 7.99. The zero-order chi connectivity index (χ0) is 18.0. The van der Waals surface area contributed by atoms with Crippen molar-refractivity contribution in [2.75, 3.05) is 32.9 Å². The summed E-state index contributed by atoms with van der Waals surface area (Å²) in [6.45, 7) is 8.80. The Morgan fingerprint density at radius 1 is 1.29 bits per heavy atom. The van der Waals surface area contributed by atoms with Crippen molar-refractivity contribution in [3.8, 4) is 0 Å². The molecule has 0 aromatic heterocycles. The fourth-order valence-corrected chi connectivity index (χ4v) is 2.21. The molecule has 0 heterocycles. The van der Waals surface area contributed by atoms with Crippen LogP contribution in [0.1, 0.15) is 36.7 Å². The fourth-order valence-electron chi connectivity index (χ4n) is 2.01. The van der Waals surface area contributed by atoms with E-state index in [4.69, 9.17) is 0 Å². The smallest absolute Gasteiger partial charge is 0.251 e. The first-order valence-corrected chi connectivity index (χ1v) is 9.52. The van der Waals surface area contributed by atoms with Crippen LogP contribution < -0.4 is 16.0 Å². The van der Waals surface area contributed by atoms with Gasteiger partial charge in [0.05, 0.1) is 6.54 Å². The van der Waals surface area contributed by atoms with Crippen molar-refractivity contribution in [2.45, 2.75) is 31.9 Å². The van der Waals surface area contributed by atoms with Crippen LogP contribution in [0.4, 0.5) is 0 Å². The number of rotatable bonds is 8. The lowest BCUT2D eigenvalue weighted by Gasteiger charge is -2.20. The molecule has 5 nitrogen and oxygen atoms in total. The Labute approximate surface area is 150 Å². The number of hydrogen-bond acceptors (Lipinski definition) is 3. The molecule has 1 rings (SSSR count). The Kier molecular flexibility index (Phi) is 8.68. The van der Waals surface area contributed by atoms with E-state index in [1.165, 1.54) is 0 Å². The summed E-state index contributed by atoms with van der Waals surface area (Å²) < 4.78 is 0.129. The van der Waals surface area contributed by atoms with Crippen LogP contribution in [0.3, 0.4) is 0 Å². The van der Waals surface area contributed by atoms with E-state index >= 15 is 0 Å². The number of nitrogens with one attached hydrogen (secondary N) is 3. The van der Waals surface area contributed by atoms with Crippen LogP contribution in [0, 0.1) is 0 Å². The van der Waals surface area contributed by atoms with E-state index in [-0.39, 0.29) is 10.7 Å². The monoisotopic (exact) mass is 350 g/mol. The van der Waals surface area contributed by atoms with Gasteiger partial charge in [0, 0.05) is 30.4 Å². The standard InChI is InChI=1S/C18H30N4OS/c1-6-20-17(22-13-18(2,3)24-5)21-11-10-14-8-7-9-15(12-14)16(23)19-4/h7-9,12H,6,10-11,13H2,1-5H3,(H,19,23)(H2,20,21,22). The highest BCUT2D eigenvalue weighted by Gasteiger charge is 2.15.